The molecule has 0 spiro atoms. The Morgan fingerprint density at radius 2 is 1.70 bits per heavy atom. The number of hydrogen-bond acceptors (Lipinski definition) is 4. The highest BCUT2D eigenvalue weighted by atomic mass is 32.1. The molecule has 0 bridgehead atoms. The summed E-state index contributed by atoms with van der Waals surface area (Å²) in [6.45, 7) is 1.98. The fourth-order valence-electron chi connectivity index (χ4n) is 2.02. The van der Waals surface area contributed by atoms with Gasteiger partial charge >= 0.3 is 0 Å². The van der Waals surface area contributed by atoms with Crippen LogP contribution < -0.4 is 5.32 Å². The van der Waals surface area contributed by atoms with Gasteiger partial charge in [0.15, 0.2) is 0 Å². The summed E-state index contributed by atoms with van der Waals surface area (Å²) in [5.41, 5.74) is 3.20. The minimum Gasteiger partial charge on any atom is -0.374 e. The number of rotatable bonds is 2. The third kappa shape index (κ3) is 2.27. The first-order chi connectivity index (χ1) is 9.62. The van der Waals surface area contributed by atoms with Gasteiger partial charge in [-0.15, -0.1) is 0 Å². The molecule has 0 atom stereocenters. The average molecular weight is 280 g/mol. The maximum atomic E-state index is 9.40. The van der Waals surface area contributed by atoms with Crippen LogP contribution in [0.25, 0.3) is 11.1 Å². The molecule has 4 nitrogen and oxygen atoms in total. The van der Waals surface area contributed by atoms with E-state index in [-0.39, 0.29) is 0 Å². The van der Waals surface area contributed by atoms with E-state index in [0.717, 1.165) is 11.1 Å². The van der Waals surface area contributed by atoms with Crippen molar-refractivity contribution in [1.82, 2.24) is 4.98 Å². The first kappa shape index (κ1) is 13.8. The average Bonchev–Trinajstić information content (AvgIpc) is 2.46. The van der Waals surface area contributed by atoms with E-state index in [0.29, 0.717) is 27.1 Å². The molecule has 0 aliphatic carbocycles. The van der Waals surface area contributed by atoms with Crippen molar-refractivity contribution in [3.63, 3.8) is 0 Å². The lowest BCUT2D eigenvalue weighted by molar-refractivity contribution is 1.23. The summed E-state index contributed by atoms with van der Waals surface area (Å²) < 4.78 is 0.325. The number of nitrogens with one attached hydrogen (secondary N) is 2. The summed E-state index contributed by atoms with van der Waals surface area (Å²) in [7, 11) is 1.70. The van der Waals surface area contributed by atoms with Crippen LogP contribution in [0.15, 0.2) is 24.3 Å². The van der Waals surface area contributed by atoms with Crippen molar-refractivity contribution in [2.75, 3.05) is 12.4 Å². The topological polar surface area (TPSA) is 75.4 Å². The van der Waals surface area contributed by atoms with E-state index in [1.807, 2.05) is 31.2 Å². The second-order valence-electron chi connectivity index (χ2n) is 4.29. The zero-order valence-corrected chi connectivity index (χ0v) is 11.9. The van der Waals surface area contributed by atoms with Crippen LogP contribution in [0.2, 0.25) is 0 Å². The summed E-state index contributed by atoms with van der Waals surface area (Å²) in [5, 5.41) is 21.6. The molecule has 0 radical (unpaired) electrons. The van der Waals surface area contributed by atoms with Crippen molar-refractivity contribution < 1.29 is 0 Å². The SMILES string of the molecule is CNc1[nH]c(=S)c(C#N)c(-c2ccc(C)cc2)c1C#N. The van der Waals surface area contributed by atoms with Crippen LogP contribution in [-0.4, -0.2) is 12.0 Å². The molecule has 0 aliphatic heterocycles. The van der Waals surface area contributed by atoms with E-state index >= 15 is 0 Å². The molecule has 0 fully saturated rings. The molecule has 0 saturated heterocycles. The highest BCUT2D eigenvalue weighted by Gasteiger charge is 2.16. The van der Waals surface area contributed by atoms with Gasteiger partial charge in [-0.25, -0.2) is 0 Å². The largest absolute Gasteiger partial charge is 0.374 e. The molecule has 1 heterocycles. The summed E-state index contributed by atoms with van der Waals surface area (Å²) in [6, 6.07) is 11.9. The third-order valence-corrected chi connectivity index (χ3v) is 3.34. The zero-order valence-electron chi connectivity index (χ0n) is 11.1. The van der Waals surface area contributed by atoms with Crippen LogP contribution in [0.3, 0.4) is 0 Å². The van der Waals surface area contributed by atoms with E-state index in [1.54, 1.807) is 7.05 Å². The number of nitrogens with zero attached hydrogens (tertiary/aromatic N) is 2. The number of aromatic nitrogens is 1. The Bertz CT molecular complexity index is 789. The molecule has 0 amide bonds. The Morgan fingerprint density at radius 3 is 2.20 bits per heavy atom. The van der Waals surface area contributed by atoms with Gasteiger partial charge in [-0.2, -0.15) is 10.5 Å². The zero-order chi connectivity index (χ0) is 14.7. The third-order valence-electron chi connectivity index (χ3n) is 3.03. The quantitative estimate of drug-likeness (QED) is 0.825. The monoisotopic (exact) mass is 280 g/mol. The smallest absolute Gasteiger partial charge is 0.123 e. The standard InChI is InChI=1S/C15H12N4S/c1-9-3-5-10(6-4-9)13-11(7-16)14(18-2)19-15(20)12(13)8-17/h3-6H,1-2H3,(H2,18,19,20). The molecule has 2 aromatic rings. The van der Waals surface area contributed by atoms with Crippen LogP contribution in [0.1, 0.15) is 16.7 Å². The Balaban J connectivity index is 2.89. The first-order valence-electron chi connectivity index (χ1n) is 5.97. The summed E-state index contributed by atoms with van der Waals surface area (Å²) in [5.74, 6) is 0.520. The van der Waals surface area contributed by atoms with Gasteiger partial charge in [-0.1, -0.05) is 42.0 Å². The number of nitriles is 2. The molecule has 0 unspecified atom stereocenters. The lowest BCUT2D eigenvalue weighted by Gasteiger charge is -2.12. The van der Waals surface area contributed by atoms with E-state index in [9.17, 15) is 10.5 Å². The molecule has 2 rings (SSSR count). The Hall–Kier alpha value is -2.63. The van der Waals surface area contributed by atoms with Gasteiger partial charge in [0.2, 0.25) is 0 Å². The number of H-pyrrole nitrogens is 1. The van der Waals surface area contributed by atoms with Crippen LogP contribution in [0.5, 0.6) is 0 Å². The van der Waals surface area contributed by atoms with Gasteiger partial charge in [0, 0.05) is 12.6 Å². The van der Waals surface area contributed by atoms with E-state index in [1.165, 1.54) is 0 Å². The van der Waals surface area contributed by atoms with Crippen LogP contribution >= 0.6 is 12.2 Å². The predicted molar refractivity (Wildman–Crippen MR) is 80.8 cm³/mol. The lowest BCUT2D eigenvalue weighted by atomic mass is 9.96. The Labute approximate surface area is 122 Å². The van der Waals surface area contributed by atoms with Crippen molar-refractivity contribution in [3.8, 4) is 23.3 Å². The van der Waals surface area contributed by atoms with Crippen LogP contribution in [0.4, 0.5) is 5.82 Å². The van der Waals surface area contributed by atoms with Gasteiger partial charge in [0.05, 0.1) is 5.56 Å². The number of aromatic amines is 1. The number of benzene rings is 1. The summed E-state index contributed by atoms with van der Waals surface area (Å²) >= 11 is 5.20. The number of anilines is 1. The normalized spacial score (nSPS) is 9.60. The van der Waals surface area contributed by atoms with Crippen molar-refractivity contribution in [2.24, 2.45) is 0 Å². The number of pyridine rings is 1. The minimum absolute atomic E-state index is 0.319. The highest BCUT2D eigenvalue weighted by molar-refractivity contribution is 7.71. The molecule has 0 aliphatic rings. The molecule has 1 aromatic heterocycles. The van der Waals surface area contributed by atoms with Crippen molar-refractivity contribution in [2.45, 2.75) is 6.92 Å². The minimum atomic E-state index is 0.319. The molecule has 5 heteroatoms. The molecule has 98 valence electrons. The maximum Gasteiger partial charge on any atom is 0.123 e. The van der Waals surface area contributed by atoms with Crippen LogP contribution in [-0.2, 0) is 0 Å². The second kappa shape index (κ2) is 5.56. The van der Waals surface area contributed by atoms with Gasteiger partial charge in [0.1, 0.15) is 28.2 Å². The van der Waals surface area contributed by atoms with Crippen molar-refractivity contribution in [1.29, 1.82) is 10.5 Å². The fraction of sp³-hybridized carbons (Fsp3) is 0.133. The molecule has 0 saturated carbocycles. The maximum absolute atomic E-state index is 9.40. The summed E-state index contributed by atoms with van der Waals surface area (Å²) in [4.78, 5) is 2.88. The van der Waals surface area contributed by atoms with Gasteiger partial charge in [0.25, 0.3) is 0 Å². The Morgan fingerprint density at radius 1 is 1.10 bits per heavy atom. The fourth-order valence-corrected chi connectivity index (χ4v) is 2.27. The molecular weight excluding hydrogens is 268 g/mol. The van der Waals surface area contributed by atoms with Gasteiger partial charge in [-0.05, 0) is 12.5 Å². The molecule has 20 heavy (non-hydrogen) atoms. The van der Waals surface area contributed by atoms with E-state index < -0.39 is 0 Å². The number of hydrogen-bond donors (Lipinski definition) is 2. The lowest BCUT2D eigenvalue weighted by Crippen LogP contribution is -2.02. The number of aryl methyl sites for hydroxylation is 1. The van der Waals surface area contributed by atoms with Gasteiger partial charge < -0.3 is 10.3 Å². The predicted octanol–water partition coefficient (Wildman–Crippen LogP) is 3.50. The summed E-state index contributed by atoms with van der Waals surface area (Å²) in [6.07, 6.45) is 0. The van der Waals surface area contributed by atoms with Crippen molar-refractivity contribution in [3.05, 3.63) is 45.6 Å². The molecule has 1 aromatic carbocycles. The Kier molecular flexibility index (Phi) is 3.84. The van der Waals surface area contributed by atoms with Crippen molar-refractivity contribution >= 4 is 18.0 Å². The second-order valence-corrected chi connectivity index (χ2v) is 4.70. The van der Waals surface area contributed by atoms with E-state index in [4.69, 9.17) is 12.2 Å². The molecule has 2 N–H and O–H groups in total. The highest BCUT2D eigenvalue weighted by Crippen LogP contribution is 2.31. The van der Waals surface area contributed by atoms with E-state index in [2.05, 4.69) is 22.4 Å². The first-order valence-corrected chi connectivity index (χ1v) is 6.38. The van der Waals surface area contributed by atoms with Gasteiger partial charge in [-0.3, -0.25) is 0 Å². The molecular formula is C15H12N4S. The van der Waals surface area contributed by atoms with Crippen LogP contribution in [0, 0.1) is 34.2 Å².